The van der Waals surface area contributed by atoms with Gasteiger partial charge in [-0.3, -0.25) is 9.80 Å². The average molecular weight is 551 g/mol. The van der Waals surface area contributed by atoms with E-state index in [9.17, 15) is 13.2 Å². The van der Waals surface area contributed by atoms with Crippen LogP contribution in [0.5, 0.6) is 11.6 Å². The van der Waals surface area contributed by atoms with Crippen LogP contribution in [0, 0.1) is 6.92 Å². The van der Waals surface area contributed by atoms with Gasteiger partial charge in [0.15, 0.2) is 0 Å². The molecule has 1 aromatic heterocycles. The van der Waals surface area contributed by atoms with Crippen LogP contribution in [-0.2, 0) is 27.8 Å². The van der Waals surface area contributed by atoms with Crippen LogP contribution < -0.4 is 9.46 Å². The van der Waals surface area contributed by atoms with Crippen molar-refractivity contribution in [3.8, 4) is 11.6 Å². The summed E-state index contributed by atoms with van der Waals surface area (Å²) in [4.78, 5) is 21.6. The Kier molecular flexibility index (Phi) is 8.15. The van der Waals surface area contributed by atoms with Gasteiger partial charge in [0, 0.05) is 44.0 Å². The second-order valence-corrected chi connectivity index (χ2v) is 12.0. The van der Waals surface area contributed by atoms with Crippen molar-refractivity contribution in [3.63, 3.8) is 0 Å². The predicted molar refractivity (Wildman–Crippen MR) is 148 cm³/mol. The van der Waals surface area contributed by atoms with Crippen LogP contribution in [0.4, 0.5) is 4.79 Å². The van der Waals surface area contributed by atoms with Gasteiger partial charge >= 0.3 is 6.09 Å². The number of nitrogens with one attached hydrogen (secondary N) is 1. The summed E-state index contributed by atoms with van der Waals surface area (Å²) >= 11 is 0. The molecule has 2 aliphatic heterocycles. The van der Waals surface area contributed by atoms with Crippen molar-refractivity contribution in [1.82, 2.24) is 19.5 Å². The van der Waals surface area contributed by atoms with Gasteiger partial charge in [0.2, 0.25) is 15.9 Å². The largest absolute Gasteiger partial charge is 0.447 e. The van der Waals surface area contributed by atoms with Crippen LogP contribution in [-0.4, -0.2) is 61.3 Å². The van der Waals surface area contributed by atoms with Crippen molar-refractivity contribution in [1.29, 1.82) is 0 Å². The van der Waals surface area contributed by atoms with Gasteiger partial charge in [0.25, 0.3) is 0 Å². The summed E-state index contributed by atoms with van der Waals surface area (Å²) in [6.07, 6.45) is 2.74. The van der Waals surface area contributed by atoms with Crippen molar-refractivity contribution in [2.75, 3.05) is 26.0 Å². The van der Waals surface area contributed by atoms with E-state index < -0.39 is 10.0 Å². The van der Waals surface area contributed by atoms with Crippen molar-refractivity contribution in [3.05, 3.63) is 89.1 Å². The number of aryl methyl sites for hydroxylation is 1. The molecule has 0 bridgehead atoms. The first-order chi connectivity index (χ1) is 18.7. The van der Waals surface area contributed by atoms with Crippen LogP contribution in [0.15, 0.2) is 66.7 Å². The summed E-state index contributed by atoms with van der Waals surface area (Å²) < 4.78 is 36.4. The predicted octanol–water partition coefficient (Wildman–Crippen LogP) is 4.39. The number of likely N-dealkylation sites (tertiary alicyclic amines) is 1. The molecule has 3 heterocycles. The molecule has 0 saturated carbocycles. The van der Waals surface area contributed by atoms with E-state index in [1.54, 1.807) is 12.1 Å². The Morgan fingerprint density at radius 2 is 1.74 bits per heavy atom. The van der Waals surface area contributed by atoms with Gasteiger partial charge in [0.1, 0.15) is 12.4 Å². The first-order valence-electron chi connectivity index (χ1n) is 13.2. The fourth-order valence-electron chi connectivity index (χ4n) is 5.17. The monoisotopic (exact) mass is 550 g/mol. The molecule has 5 rings (SSSR count). The molecule has 2 fully saturated rings. The van der Waals surface area contributed by atoms with Crippen LogP contribution in [0.1, 0.15) is 41.3 Å². The van der Waals surface area contributed by atoms with E-state index in [-0.39, 0.29) is 24.7 Å². The highest BCUT2D eigenvalue weighted by molar-refractivity contribution is 7.88. The Hall–Kier alpha value is -3.47. The van der Waals surface area contributed by atoms with E-state index in [2.05, 4.69) is 32.8 Å². The van der Waals surface area contributed by atoms with E-state index in [1.807, 2.05) is 48.2 Å². The zero-order chi connectivity index (χ0) is 27.4. The molecule has 2 aliphatic rings. The molecule has 1 amide bonds. The summed E-state index contributed by atoms with van der Waals surface area (Å²) in [6, 6.07) is 21.4. The maximum atomic E-state index is 12.6. The molecule has 10 heteroatoms. The Morgan fingerprint density at radius 1 is 1.03 bits per heavy atom. The molecule has 0 spiro atoms. The van der Waals surface area contributed by atoms with Crippen LogP contribution >= 0.6 is 0 Å². The molecule has 1 N–H and O–H groups in total. The average Bonchev–Trinajstić information content (AvgIpc) is 3.31. The third kappa shape index (κ3) is 6.95. The lowest BCUT2D eigenvalue weighted by Crippen LogP contribution is -2.46. The first kappa shape index (κ1) is 27.1. The van der Waals surface area contributed by atoms with E-state index in [0.717, 1.165) is 61.1 Å². The topological polar surface area (TPSA) is 101 Å². The maximum absolute atomic E-state index is 12.6. The number of ether oxygens (including phenoxy) is 2. The minimum atomic E-state index is -3.24. The minimum absolute atomic E-state index is 0.0189. The number of aromatic nitrogens is 1. The number of amides is 1. The van der Waals surface area contributed by atoms with E-state index >= 15 is 0 Å². The van der Waals surface area contributed by atoms with E-state index in [4.69, 9.17) is 9.47 Å². The molecule has 3 aromatic rings. The number of cyclic esters (lactones) is 1. The number of hydrogen-bond donors (Lipinski definition) is 1. The second kappa shape index (κ2) is 11.7. The number of carbonyl (C=O) groups excluding carboxylic acids is 1. The summed E-state index contributed by atoms with van der Waals surface area (Å²) in [7, 11) is -3.24. The molecule has 9 nitrogen and oxygen atoms in total. The zero-order valence-corrected chi connectivity index (χ0v) is 23.1. The Labute approximate surface area is 229 Å². The number of piperidine rings is 1. The second-order valence-electron chi connectivity index (χ2n) is 10.2. The molecule has 0 radical (unpaired) electrons. The van der Waals surface area contributed by atoms with E-state index in [0.29, 0.717) is 18.2 Å². The molecule has 1 atom stereocenters. The molecule has 0 aliphatic carbocycles. The highest BCUT2D eigenvalue weighted by atomic mass is 32.2. The summed E-state index contributed by atoms with van der Waals surface area (Å²) in [6.45, 7) is 5.22. The molecule has 2 aromatic carbocycles. The SMILES string of the molecule is Cc1nc(Oc2ccc(CNS(C)(=O)=O)cc2)ccc1CN1CCC(N2C(=O)OCC2c2ccccc2)CC1. The summed E-state index contributed by atoms with van der Waals surface area (Å²) in [5.74, 6) is 1.14. The van der Waals surface area contributed by atoms with Crippen molar-refractivity contribution < 1.29 is 22.7 Å². The third-order valence-corrected chi connectivity index (χ3v) is 7.96. The molecular formula is C29H34N4O5S. The van der Waals surface area contributed by atoms with Crippen molar-refractivity contribution >= 4 is 16.1 Å². The quantitative estimate of drug-likeness (QED) is 0.422. The molecule has 1 unspecified atom stereocenters. The molecule has 206 valence electrons. The van der Waals surface area contributed by atoms with Crippen LogP contribution in [0.2, 0.25) is 0 Å². The standard InChI is InChI=1S/C29H34N4O5S/c1-21-24(10-13-28(31-21)38-26-11-8-22(9-12-26)18-30-39(2,35)36)19-32-16-14-25(15-17-32)33-27(20-37-29(33)34)23-6-4-3-5-7-23/h3-13,25,27,30H,14-20H2,1-2H3. The van der Waals surface area contributed by atoms with Crippen LogP contribution in [0.3, 0.4) is 0 Å². The lowest BCUT2D eigenvalue weighted by molar-refractivity contribution is 0.104. The lowest BCUT2D eigenvalue weighted by Gasteiger charge is -2.38. The number of sulfonamides is 1. The number of pyridine rings is 1. The van der Waals surface area contributed by atoms with Crippen molar-refractivity contribution in [2.45, 2.75) is 44.9 Å². The highest BCUT2D eigenvalue weighted by Gasteiger charge is 2.40. The van der Waals surface area contributed by atoms with E-state index in [1.165, 1.54) is 0 Å². The number of carbonyl (C=O) groups is 1. The molecular weight excluding hydrogens is 516 g/mol. The third-order valence-electron chi connectivity index (χ3n) is 7.29. The fraction of sp³-hybridized carbons (Fsp3) is 0.379. The number of nitrogens with zero attached hydrogens (tertiary/aromatic N) is 3. The maximum Gasteiger partial charge on any atom is 0.410 e. The fourth-order valence-corrected chi connectivity index (χ4v) is 5.59. The van der Waals surface area contributed by atoms with Gasteiger partial charge in [0.05, 0.1) is 12.3 Å². The number of hydrogen-bond acceptors (Lipinski definition) is 7. The highest BCUT2D eigenvalue weighted by Crippen LogP contribution is 2.33. The van der Waals surface area contributed by atoms with Gasteiger partial charge in [-0.2, -0.15) is 0 Å². The van der Waals surface area contributed by atoms with Gasteiger partial charge in [-0.25, -0.2) is 22.9 Å². The number of rotatable bonds is 9. The Balaban J connectivity index is 1.14. The lowest BCUT2D eigenvalue weighted by atomic mass is 9.98. The number of benzene rings is 2. The first-order valence-corrected chi connectivity index (χ1v) is 15.0. The van der Waals surface area contributed by atoms with Gasteiger partial charge in [-0.15, -0.1) is 0 Å². The van der Waals surface area contributed by atoms with Crippen LogP contribution in [0.25, 0.3) is 0 Å². The van der Waals surface area contributed by atoms with Gasteiger partial charge < -0.3 is 9.47 Å². The normalized spacial score (nSPS) is 18.8. The zero-order valence-electron chi connectivity index (χ0n) is 22.2. The van der Waals surface area contributed by atoms with Gasteiger partial charge in [-0.05, 0) is 48.6 Å². The summed E-state index contributed by atoms with van der Waals surface area (Å²) in [5, 5.41) is 0. The summed E-state index contributed by atoms with van der Waals surface area (Å²) in [5.41, 5.74) is 4.02. The Morgan fingerprint density at radius 3 is 2.41 bits per heavy atom. The van der Waals surface area contributed by atoms with Gasteiger partial charge in [-0.1, -0.05) is 48.5 Å². The smallest absolute Gasteiger partial charge is 0.410 e. The minimum Gasteiger partial charge on any atom is -0.447 e. The molecule has 2 saturated heterocycles. The Bertz CT molecular complexity index is 1390. The molecule has 39 heavy (non-hydrogen) atoms. The van der Waals surface area contributed by atoms with Crippen molar-refractivity contribution in [2.24, 2.45) is 0 Å².